The van der Waals surface area contributed by atoms with Crippen molar-refractivity contribution in [3.63, 3.8) is 0 Å². The average Bonchev–Trinajstić information content (AvgIpc) is 3.00. The summed E-state index contributed by atoms with van der Waals surface area (Å²) in [7, 11) is 0. The van der Waals surface area contributed by atoms with Crippen LogP contribution in [0.25, 0.3) is 5.69 Å². The Labute approximate surface area is 128 Å². The summed E-state index contributed by atoms with van der Waals surface area (Å²) < 4.78 is 1.63. The second-order valence-corrected chi connectivity index (χ2v) is 4.95. The highest BCUT2D eigenvalue weighted by Gasteiger charge is 2.10. The lowest BCUT2D eigenvalue weighted by Gasteiger charge is -2.09. The van der Waals surface area contributed by atoms with E-state index in [9.17, 15) is 9.59 Å². The highest BCUT2D eigenvalue weighted by Crippen LogP contribution is 2.13. The van der Waals surface area contributed by atoms with Crippen LogP contribution in [0.2, 0.25) is 0 Å². The van der Waals surface area contributed by atoms with Crippen LogP contribution < -0.4 is 5.32 Å². The molecule has 0 unspecified atom stereocenters. The first-order valence-electron chi connectivity index (χ1n) is 7.03. The minimum absolute atomic E-state index is 0.126. The van der Waals surface area contributed by atoms with E-state index in [4.69, 9.17) is 5.11 Å². The topological polar surface area (TPSA) is 97.1 Å². The summed E-state index contributed by atoms with van der Waals surface area (Å²) in [5, 5.41) is 15.4. The van der Waals surface area contributed by atoms with Crippen molar-refractivity contribution in [3.8, 4) is 5.69 Å². The van der Waals surface area contributed by atoms with Gasteiger partial charge in [-0.15, -0.1) is 0 Å². The average molecular weight is 302 g/mol. The molecular formula is C15H18N4O3. The maximum atomic E-state index is 12.1. The lowest BCUT2D eigenvalue weighted by Crippen LogP contribution is -2.25. The van der Waals surface area contributed by atoms with Gasteiger partial charge in [0.05, 0.1) is 5.69 Å². The van der Waals surface area contributed by atoms with Crippen LogP contribution in [0.1, 0.15) is 35.2 Å². The molecule has 22 heavy (non-hydrogen) atoms. The number of rotatable bonds is 7. The van der Waals surface area contributed by atoms with Gasteiger partial charge in [0.25, 0.3) is 5.91 Å². The van der Waals surface area contributed by atoms with Gasteiger partial charge >= 0.3 is 5.97 Å². The summed E-state index contributed by atoms with van der Waals surface area (Å²) in [4.78, 5) is 26.4. The highest BCUT2D eigenvalue weighted by atomic mass is 16.4. The molecule has 7 heteroatoms. The van der Waals surface area contributed by atoms with Gasteiger partial charge in [-0.2, -0.15) is 5.10 Å². The van der Waals surface area contributed by atoms with Crippen LogP contribution in [0.3, 0.4) is 0 Å². The fourth-order valence-corrected chi connectivity index (χ4v) is 2.09. The van der Waals surface area contributed by atoms with Gasteiger partial charge < -0.3 is 10.4 Å². The molecule has 2 aromatic rings. The van der Waals surface area contributed by atoms with Crippen molar-refractivity contribution >= 4 is 11.9 Å². The molecule has 0 saturated heterocycles. The largest absolute Gasteiger partial charge is 0.481 e. The molecule has 1 aromatic heterocycles. The fourth-order valence-electron chi connectivity index (χ4n) is 2.09. The van der Waals surface area contributed by atoms with Gasteiger partial charge in [0.2, 0.25) is 0 Å². The number of carboxylic acid groups (broad SMARTS) is 1. The summed E-state index contributed by atoms with van der Waals surface area (Å²) in [5.41, 5.74) is 2.28. The summed E-state index contributed by atoms with van der Waals surface area (Å²) in [5.74, 6) is -0.969. The van der Waals surface area contributed by atoms with E-state index in [0.717, 1.165) is 11.3 Å². The molecule has 0 saturated carbocycles. The summed E-state index contributed by atoms with van der Waals surface area (Å²) in [6.07, 6.45) is 4.37. The Morgan fingerprint density at radius 1 is 1.32 bits per heavy atom. The molecule has 0 fully saturated rings. The van der Waals surface area contributed by atoms with Crippen LogP contribution in [0.15, 0.2) is 30.9 Å². The van der Waals surface area contributed by atoms with Crippen molar-refractivity contribution in [2.24, 2.45) is 0 Å². The lowest BCUT2D eigenvalue weighted by atomic mass is 10.1. The second-order valence-electron chi connectivity index (χ2n) is 4.95. The smallest absolute Gasteiger partial charge is 0.303 e. The van der Waals surface area contributed by atoms with E-state index in [0.29, 0.717) is 24.9 Å². The summed E-state index contributed by atoms with van der Waals surface area (Å²) >= 11 is 0. The van der Waals surface area contributed by atoms with Gasteiger partial charge in [-0.1, -0.05) is 0 Å². The van der Waals surface area contributed by atoms with E-state index in [2.05, 4.69) is 15.4 Å². The standard InChI is InChI=1S/C15H18N4O3/c1-11-8-12(19-10-16-9-18-19)5-6-13(11)15(22)17-7-3-2-4-14(20)21/h5-6,8-10H,2-4,7H2,1H3,(H,17,22)(H,20,21). The van der Waals surface area contributed by atoms with Crippen LogP contribution in [0.4, 0.5) is 0 Å². The fraction of sp³-hybridized carbons (Fsp3) is 0.333. The van der Waals surface area contributed by atoms with Crippen LogP contribution >= 0.6 is 0 Å². The van der Waals surface area contributed by atoms with Crippen molar-refractivity contribution in [2.75, 3.05) is 6.54 Å². The molecule has 0 aliphatic heterocycles. The molecule has 0 atom stereocenters. The number of carbonyl (C=O) groups is 2. The number of aryl methyl sites for hydroxylation is 1. The number of benzene rings is 1. The van der Waals surface area contributed by atoms with E-state index < -0.39 is 5.97 Å². The van der Waals surface area contributed by atoms with Gasteiger partial charge in [0, 0.05) is 18.5 Å². The zero-order valence-corrected chi connectivity index (χ0v) is 12.3. The van der Waals surface area contributed by atoms with Crippen LogP contribution in [0.5, 0.6) is 0 Å². The molecule has 0 aliphatic carbocycles. The third-order valence-corrected chi connectivity index (χ3v) is 3.24. The molecule has 0 spiro atoms. The molecule has 0 radical (unpaired) electrons. The molecule has 1 aromatic carbocycles. The number of unbranched alkanes of at least 4 members (excludes halogenated alkanes) is 1. The molecule has 1 amide bonds. The van der Waals surface area contributed by atoms with Gasteiger partial charge in [0.1, 0.15) is 12.7 Å². The van der Waals surface area contributed by atoms with Crippen molar-refractivity contribution in [3.05, 3.63) is 42.0 Å². The monoisotopic (exact) mass is 302 g/mol. The van der Waals surface area contributed by atoms with Crippen molar-refractivity contribution in [1.82, 2.24) is 20.1 Å². The Morgan fingerprint density at radius 3 is 2.77 bits per heavy atom. The number of hydrogen-bond donors (Lipinski definition) is 2. The highest BCUT2D eigenvalue weighted by molar-refractivity contribution is 5.95. The molecule has 2 rings (SSSR count). The van der Waals surface area contributed by atoms with Crippen LogP contribution in [-0.2, 0) is 4.79 Å². The Kier molecular flexibility index (Phi) is 5.24. The summed E-state index contributed by atoms with van der Waals surface area (Å²) in [6, 6.07) is 5.42. The predicted molar refractivity (Wildman–Crippen MR) is 79.9 cm³/mol. The van der Waals surface area contributed by atoms with Crippen molar-refractivity contribution in [2.45, 2.75) is 26.2 Å². The van der Waals surface area contributed by atoms with Crippen molar-refractivity contribution in [1.29, 1.82) is 0 Å². The van der Waals surface area contributed by atoms with Crippen LogP contribution in [-0.4, -0.2) is 38.3 Å². The molecule has 116 valence electrons. The van der Waals surface area contributed by atoms with Crippen LogP contribution in [0, 0.1) is 6.92 Å². The lowest BCUT2D eigenvalue weighted by molar-refractivity contribution is -0.137. The second kappa shape index (κ2) is 7.35. The van der Waals surface area contributed by atoms with E-state index in [1.54, 1.807) is 23.1 Å². The van der Waals surface area contributed by atoms with Crippen molar-refractivity contribution < 1.29 is 14.7 Å². The first kappa shape index (κ1) is 15.7. The zero-order chi connectivity index (χ0) is 15.9. The normalized spacial score (nSPS) is 10.4. The Hall–Kier alpha value is -2.70. The molecule has 7 nitrogen and oxygen atoms in total. The first-order valence-corrected chi connectivity index (χ1v) is 7.03. The SMILES string of the molecule is Cc1cc(-n2cncn2)ccc1C(=O)NCCCCC(=O)O. The van der Waals surface area contributed by atoms with Gasteiger partial charge in [0.15, 0.2) is 0 Å². The number of nitrogens with one attached hydrogen (secondary N) is 1. The number of nitrogens with zero attached hydrogens (tertiary/aromatic N) is 3. The minimum Gasteiger partial charge on any atom is -0.481 e. The first-order chi connectivity index (χ1) is 10.6. The number of amides is 1. The maximum absolute atomic E-state index is 12.1. The van der Waals surface area contributed by atoms with Gasteiger partial charge in [-0.3, -0.25) is 9.59 Å². The molecule has 1 heterocycles. The minimum atomic E-state index is -0.814. The Morgan fingerprint density at radius 2 is 2.14 bits per heavy atom. The van der Waals surface area contributed by atoms with Gasteiger partial charge in [-0.25, -0.2) is 9.67 Å². The molecule has 0 bridgehead atoms. The van der Waals surface area contributed by atoms with Gasteiger partial charge in [-0.05, 0) is 43.5 Å². The number of hydrogen-bond acceptors (Lipinski definition) is 4. The Balaban J connectivity index is 1.91. The van der Waals surface area contributed by atoms with E-state index in [-0.39, 0.29) is 12.3 Å². The van der Waals surface area contributed by atoms with E-state index in [1.165, 1.54) is 6.33 Å². The third-order valence-electron chi connectivity index (χ3n) is 3.24. The third kappa shape index (κ3) is 4.15. The maximum Gasteiger partial charge on any atom is 0.303 e. The quantitative estimate of drug-likeness (QED) is 0.756. The predicted octanol–water partition coefficient (Wildman–Crippen LogP) is 1.56. The molecule has 0 aliphatic rings. The molecular weight excluding hydrogens is 284 g/mol. The zero-order valence-electron chi connectivity index (χ0n) is 12.3. The Bertz CT molecular complexity index is 653. The number of aromatic nitrogens is 3. The molecule has 2 N–H and O–H groups in total. The number of aliphatic carboxylic acids is 1. The number of carboxylic acids is 1. The number of carbonyl (C=O) groups excluding carboxylic acids is 1. The van der Waals surface area contributed by atoms with E-state index in [1.807, 2.05) is 13.0 Å². The summed E-state index contributed by atoms with van der Waals surface area (Å²) in [6.45, 7) is 2.33. The van der Waals surface area contributed by atoms with E-state index >= 15 is 0 Å².